The van der Waals surface area contributed by atoms with Crippen LogP contribution in [0.2, 0.25) is 0 Å². The second-order valence-corrected chi connectivity index (χ2v) is 3.83. The van der Waals surface area contributed by atoms with Gasteiger partial charge < -0.3 is 9.84 Å². The molecule has 0 spiro atoms. The first-order valence-electron chi connectivity index (χ1n) is 5.16. The highest BCUT2D eigenvalue weighted by Gasteiger charge is 2.05. The number of hydrogen-bond donors (Lipinski definition) is 2. The third-order valence-corrected chi connectivity index (χ3v) is 2.30. The molecule has 3 nitrogen and oxygen atoms in total. The number of rotatable bonds is 4. The second-order valence-electron chi connectivity index (χ2n) is 3.38. The molecule has 4 heteroatoms. The molecule has 0 aliphatic rings. The average molecular weight is 250 g/mol. The van der Waals surface area contributed by atoms with Gasteiger partial charge in [-0.05, 0) is 17.7 Å². The molecule has 1 rings (SSSR count). The van der Waals surface area contributed by atoms with Gasteiger partial charge >= 0.3 is 5.97 Å². The standard InChI is InChI=1S/C13H14O3S/c1-16-12-6-5-10(9-13(14)15)8-11(12)4-2-3-7-17/h5-6,8,17H,3,7,9H2,1H3,(H,14,15). The highest BCUT2D eigenvalue weighted by Crippen LogP contribution is 2.19. The van der Waals surface area contributed by atoms with Crippen molar-refractivity contribution in [2.45, 2.75) is 12.8 Å². The van der Waals surface area contributed by atoms with Crippen LogP contribution in [0.4, 0.5) is 0 Å². The predicted octanol–water partition coefficient (Wildman–Crippen LogP) is 1.99. The predicted molar refractivity (Wildman–Crippen MR) is 69.7 cm³/mol. The van der Waals surface area contributed by atoms with E-state index in [2.05, 4.69) is 24.5 Å². The fourth-order valence-corrected chi connectivity index (χ4v) is 1.46. The van der Waals surface area contributed by atoms with Crippen molar-refractivity contribution >= 4 is 18.6 Å². The summed E-state index contributed by atoms with van der Waals surface area (Å²) in [4.78, 5) is 10.6. The summed E-state index contributed by atoms with van der Waals surface area (Å²) in [6.45, 7) is 0. The van der Waals surface area contributed by atoms with Gasteiger partial charge in [0.1, 0.15) is 5.75 Å². The van der Waals surface area contributed by atoms with Gasteiger partial charge in [-0.3, -0.25) is 4.79 Å². The highest BCUT2D eigenvalue weighted by molar-refractivity contribution is 7.80. The van der Waals surface area contributed by atoms with E-state index in [1.807, 2.05) is 0 Å². The summed E-state index contributed by atoms with van der Waals surface area (Å²) >= 11 is 4.07. The molecule has 0 unspecified atom stereocenters. The Labute approximate surface area is 106 Å². The Morgan fingerprint density at radius 2 is 2.29 bits per heavy atom. The van der Waals surface area contributed by atoms with Gasteiger partial charge in [0.05, 0.1) is 19.1 Å². The van der Waals surface area contributed by atoms with Crippen molar-refractivity contribution in [3.63, 3.8) is 0 Å². The molecule has 0 aromatic heterocycles. The summed E-state index contributed by atoms with van der Waals surface area (Å²) in [5.41, 5.74) is 1.43. The van der Waals surface area contributed by atoms with Crippen LogP contribution in [0, 0.1) is 11.8 Å². The van der Waals surface area contributed by atoms with Crippen LogP contribution in [0.15, 0.2) is 18.2 Å². The second kappa shape index (κ2) is 6.87. The van der Waals surface area contributed by atoms with E-state index in [1.165, 1.54) is 0 Å². The van der Waals surface area contributed by atoms with Crippen molar-refractivity contribution in [3.05, 3.63) is 29.3 Å². The Kier molecular flexibility index (Phi) is 5.44. The minimum Gasteiger partial charge on any atom is -0.495 e. The summed E-state index contributed by atoms with van der Waals surface area (Å²) in [7, 11) is 1.57. The number of carboxylic acid groups (broad SMARTS) is 1. The smallest absolute Gasteiger partial charge is 0.307 e. The lowest BCUT2D eigenvalue weighted by Crippen LogP contribution is -2.00. The molecule has 0 heterocycles. The van der Waals surface area contributed by atoms with Crippen LogP contribution in [-0.4, -0.2) is 23.9 Å². The Hall–Kier alpha value is -1.60. The van der Waals surface area contributed by atoms with Crippen molar-refractivity contribution < 1.29 is 14.6 Å². The van der Waals surface area contributed by atoms with Crippen molar-refractivity contribution in [2.24, 2.45) is 0 Å². The van der Waals surface area contributed by atoms with Gasteiger partial charge in [-0.15, -0.1) is 0 Å². The summed E-state index contributed by atoms with van der Waals surface area (Å²) in [5.74, 6) is 6.41. The molecule has 0 bridgehead atoms. The molecule has 0 radical (unpaired) electrons. The SMILES string of the molecule is COc1ccc(CC(=O)O)cc1C#CCCS. The molecule has 1 N–H and O–H groups in total. The van der Waals surface area contributed by atoms with Gasteiger partial charge in [-0.2, -0.15) is 12.6 Å². The van der Waals surface area contributed by atoms with E-state index in [9.17, 15) is 4.79 Å². The number of hydrogen-bond acceptors (Lipinski definition) is 3. The largest absolute Gasteiger partial charge is 0.495 e. The van der Waals surface area contributed by atoms with E-state index in [1.54, 1.807) is 25.3 Å². The number of ether oxygens (including phenoxy) is 1. The molecule has 0 saturated carbocycles. The average Bonchev–Trinajstić information content (AvgIpc) is 2.29. The lowest BCUT2D eigenvalue weighted by atomic mass is 10.1. The fourth-order valence-electron chi connectivity index (χ4n) is 1.35. The van der Waals surface area contributed by atoms with E-state index in [4.69, 9.17) is 9.84 Å². The van der Waals surface area contributed by atoms with Gasteiger partial charge in [0.2, 0.25) is 0 Å². The van der Waals surface area contributed by atoms with Gasteiger partial charge in [0.15, 0.2) is 0 Å². The van der Waals surface area contributed by atoms with Crippen molar-refractivity contribution in [1.29, 1.82) is 0 Å². The van der Waals surface area contributed by atoms with Gasteiger partial charge in [-0.1, -0.05) is 17.9 Å². The van der Waals surface area contributed by atoms with E-state index < -0.39 is 5.97 Å². The summed E-state index contributed by atoms with van der Waals surface area (Å²) in [6.07, 6.45) is 0.681. The lowest BCUT2D eigenvalue weighted by Gasteiger charge is -2.05. The number of benzene rings is 1. The number of methoxy groups -OCH3 is 1. The Balaban J connectivity index is 2.99. The lowest BCUT2D eigenvalue weighted by molar-refractivity contribution is -0.136. The maximum Gasteiger partial charge on any atom is 0.307 e. The van der Waals surface area contributed by atoms with Crippen LogP contribution in [-0.2, 0) is 11.2 Å². The molecule has 1 aromatic rings. The first kappa shape index (κ1) is 13.5. The molecule has 0 atom stereocenters. The highest BCUT2D eigenvalue weighted by atomic mass is 32.1. The summed E-state index contributed by atoms with van der Waals surface area (Å²) in [5, 5.41) is 8.72. The molecule has 0 aliphatic carbocycles. The summed E-state index contributed by atoms with van der Waals surface area (Å²) < 4.78 is 5.17. The minimum absolute atomic E-state index is 0.00869. The van der Waals surface area contributed by atoms with Crippen LogP contribution in [0.25, 0.3) is 0 Å². The molecule has 0 fully saturated rings. The topological polar surface area (TPSA) is 46.5 Å². The Bertz CT molecular complexity index is 457. The molecule has 0 amide bonds. The van der Waals surface area contributed by atoms with E-state index >= 15 is 0 Å². The molecule has 1 aromatic carbocycles. The molecule has 0 aliphatic heterocycles. The fraction of sp³-hybridized carbons (Fsp3) is 0.308. The molecule has 17 heavy (non-hydrogen) atoms. The van der Waals surface area contributed by atoms with E-state index in [0.29, 0.717) is 29.1 Å². The van der Waals surface area contributed by atoms with Crippen LogP contribution in [0.1, 0.15) is 17.5 Å². The minimum atomic E-state index is -0.857. The number of thiol groups is 1. The zero-order chi connectivity index (χ0) is 12.7. The molecular formula is C13H14O3S. The monoisotopic (exact) mass is 250 g/mol. The van der Waals surface area contributed by atoms with Crippen LogP contribution in [0.5, 0.6) is 5.75 Å². The zero-order valence-corrected chi connectivity index (χ0v) is 10.5. The quantitative estimate of drug-likeness (QED) is 0.634. The maximum absolute atomic E-state index is 10.6. The van der Waals surface area contributed by atoms with Crippen LogP contribution >= 0.6 is 12.6 Å². The van der Waals surface area contributed by atoms with Crippen molar-refractivity contribution in [2.75, 3.05) is 12.9 Å². The van der Waals surface area contributed by atoms with Crippen LogP contribution in [0.3, 0.4) is 0 Å². The van der Waals surface area contributed by atoms with Gasteiger partial charge in [0.25, 0.3) is 0 Å². The zero-order valence-electron chi connectivity index (χ0n) is 9.56. The molecular weight excluding hydrogens is 236 g/mol. The molecule has 90 valence electrons. The van der Waals surface area contributed by atoms with Crippen molar-refractivity contribution in [1.82, 2.24) is 0 Å². The van der Waals surface area contributed by atoms with Gasteiger partial charge in [-0.25, -0.2) is 0 Å². The number of carbonyl (C=O) groups is 1. The first-order chi connectivity index (χ1) is 8.17. The third-order valence-electron chi connectivity index (χ3n) is 2.08. The normalized spacial score (nSPS) is 9.29. The van der Waals surface area contributed by atoms with E-state index in [-0.39, 0.29) is 6.42 Å². The first-order valence-corrected chi connectivity index (χ1v) is 5.79. The van der Waals surface area contributed by atoms with E-state index in [0.717, 1.165) is 0 Å². The third kappa shape index (κ3) is 4.41. The number of carboxylic acids is 1. The maximum atomic E-state index is 10.6. The Morgan fingerprint density at radius 3 is 2.88 bits per heavy atom. The summed E-state index contributed by atoms with van der Waals surface area (Å²) in [6, 6.07) is 5.22. The van der Waals surface area contributed by atoms with Crippen LogP contribution < -0.4 is 4.74 Å². The number of aliphatic carboxylic acids is 1. The van der Waals surface area contributed by atoms with Crippen molar-refractivity contribution in [3.8, 4) is 17.6 Å². The Morgan fingerprint density at radius 1 is 1.53 bits per heavy atom. The molecule has 0 saturated heterocycles. The van der Waals surface area contributed by atoms with Gasteiger partial charge in [0, 0.05) is 12.2 Å².